The van der Waals surface area contributed by atoms with Crippen LogP contribution in [-0.4, -0.2) is 37.0 Å². The number of hydrogen-bond acceptors (Lipinski definition) is 5. The van der Waals surface area contributed by atoms with Crippen molar-refractivity contribution >= 4 is 50.7 Å². The lowest BCUT2D eigenvalue weighted by Gasteiger charge is -2.33. The molecule has 6 rings (SSSR count). The summed E-state index contributed by atoms with van der Waals surface area (Å²) in [5.41, 5.74) is 1.05. The van der Waals surface area contributed by atoms with Gasteiger partial charge in [0.25, 0.3) is 0 Å². The van der Waals surface area contributed by atoms with Gasteiger partial charge in [0.2, 0.25) is 5.28 Å². The molecule has 2 aliphatic rings. The van der Waals surface area contributed by atoms with E-state index in [9.17, 15) is 0 Å². The zero-order chi connectivity index (χ0) is 24.1. The molecule has 1 saturated carbocycles. The number of methoxy groups -OCH3 is 1. The maximum atomic E-state index is 16.3. The third-order valence-corrected chi connectivity index (χ3v) is 7.66. The lowest BCUT2D eigenvalue weighted by molar-refractivity contribution is 0.0512. The van der Waals surface area contributed by atoms with Crippen LogP contribution < -0.4 is 9.64 Å². The zero-order valence-corrected chi connectivity index (χ0v) is 20.7. The third-order valence-electron chi connectivity index (χ3n) is 7.19. The molecule has 1 saturated heterocycles. The molecule has 0 radical (unpaired) electrons. The van der Waals surface area contributed by atoms with Crippen molar-refractivity contribution in [3.8, 4) is 16.9 Å². The van der Waals surface area contributed by atoms with E-state index in [2.05, 4.69) is 14.9 Å². The Morgan fingerprint density at radius 3 is 2.57 bits per heavy atom. The van der Waals surface area contributed by atoms with Crippen LogP contribution in [0, 0.1) is 17.7 Å². The molecule has 5 nitrogen and oxygen atoms in total. The molecule has 2 atom stereocenters. The van der Waals surface area contributed by atoms with Crippen LogP contribution in [0.1, 0.15) is 19.3 Å². The first-order chi connectivity index (χ1) is 17.0. The minimum Gasteiger partial charge on any atom is -0.468 e. The van der Waals surface area contributed by atoms with Gasteiger partial charge in [-0.05, 0) is 77.2 Å². The van der Waals surface area contributed by atoms with Crippen LogP contribution in [0.4, 0.5) is 10.2 Å². The highest BCUT2D eigenvalue weighted by Crippen LogP contribution is 2.44. The minimum atomic E-state index is -0.521. The maximum absolute atomic E-state index is 16.3. The van der Waals surface area contributed by atoms with E-state index in [0.29, 0.717) is 34.4 Å². The number of aromatic nitrogens is 2. The molecule has 2 heterocycles. The molecule has 2 unspecified atom stereocenters. The molecule has 1 aliphatic heterocycles. The van der Waals surface area contributed by atoms with Crippen LogP contribution in [0.5, 0.6) is 5.75 Å². The molecular weight excluding hydrogens is 488 g/mol. The number of rotatable bonds is 5. The van der Waals surface area contributed by atoms with E-state index in [1.54, 1.807) is 19.2 Å². The summed E-state index contributed by atoms with van der Waals surface area (Å²) in [6.45, 7) is 1.86. The Morgan fingerprint density at radius 2 is 1.80 bits per heavy atom. The van der Waals surface area contributed by atoms with E-state index < -0.39 is 5.82 Å². The Labute approximate surface area is 212 Å². The molecule has 35 heavy (non-hydrogen) atoms. The quantitative estimate of drug-likeness (QED) is 0.211. The summed E-state index contributed by atoms with van der Waals surface area (Å²) >= 11 is 13.1. The fraction of sp³-hybridized carbons (Fsp3) is 0.333. The summed E-state index contributed by atoms with van der Waals surface area (Å²) in [5, 5.41) is 2.65. The van der Waals surface area contributed by atoms with Crippen molar-refractivity contribution in [2.45, 2.75) is 19.3 Å². The first kappa shape index (κ1) is 22.8. The number of piperidine rings is 1. The predicted molar refractivity (Wildman–Crippen MR) is 138 cm³/mol. The number of ether oxygens (including phenoxy) is 2. The highest BCUT2D eigenvalue weighted by Gasteiger charge is 2.34. The third kappa shape index (κ3) is 4.07. The minimum absolute atomic E-state index is 0.0274. The first-order valence-electron chi connectivity index (χ1n) is 11.8. The highest BCUT2D eigenvalue weighted by atomic mass is 35.5. The van der Waals surface area contributed by atoms with Gasteiger partial charge in [-0.25, -0.2) is 9.37 Å². The van der Waals surface area contributed by atoms with Gasteiger partial charge in [-0.1, -0.05) is 35.9 Å². The molecule has 0 amide bonds. The van der Waals surface area contributed by atoms with Crippen LogP contribution in [0.3, 0.4) is 0 Å². The highest BCUT2D eigenvalue weighted by molar-refractivity contribution is 6.35. The fourth-order valence-electron chi connectivity index (χ4n) is 5.72. The summed E-state index contributed by atoms with van der Waals surface area (Å²) < 4.78 is 27.1. The second-order valence-corrected chi connectivity index (χ2v) is 10.2. The number of halogens is 3. The normalized spacial score (nSPS) is 19.6. The van der Waals surface area contributed by atoms with Crippen molar-refractivity contribution in [2.24, 2.45) is 11.8 Å². The average molecular weight is 512 g/mol. The summed E-state index contributed by atoms with van der Waals surface area (Å²) in [6.07, 6.45) is 3.71. The largest absolute Gasteiger partial charge is 0.468 e. The Bertz CT molecular complexity index is 1440. The zero-order valence-electron chi connectivity index (χ0n) is 19.2. The standard InChI is InChI=1S/C27H24Cl2FN3O2/c1-34-14-35-18-9-17-4-2-3-5-19(17)20(10-18)23-22(28)11-21-25(24(23)30)31-27(29)32-26(21)33-12-15-6-7-16(8-15)13-33/h2-5,9-11,15-16H,6-8,12-14H2,1H3. The van der Waals surface area contributed by atoms with Crippen molar-refractivity contribution in [2.75, 3.05) is 31.9 Å². The van der Waals surface area contributed by atoms with Gasteiger partial charge in [-0.15, -0.1) is 0 Å². The second-order valence-electron chi connectivity index (χ2n) is 9.45. The number of fused-ring (bicyclic) bond motifs is 4. The van der Waals surface area contributed by atoms with Gasteiger partial charge in [-0.2, -0.15) is 4.98 Å². The fourth-order valence-corrected chi connectivity index (χ4v) is 6.18. The van der Waals surface area contributed by atoms with Crippen LogP contribution in [-0.2, 0) is 4.74 Å². The second kappa shape index (κ2) is 9.08. The molecule has 1 aliphatic carbocycles. The lowest BCUT2D eigenvalue weighted by Crippen LogP contribution is -2.37. The topological polar surface area (TPSA) is 47.5 Å². The van der Waals surface area contributed by atoms with Gasteiger partial charge in [0, 0.05) is 31.1 Å². The van der Waals surface area contributed by atoms with E-state index in [1.807, 2.05) is 30.3 Å². The molecule has 2 fully saturated rings. The van der Waals surface area contributed by atoms with Gasteiger partial charge >= 0.3 is 0 Å². The van der Waals surface area contributed by atoms with Gasteiger partial charge in [0.1, 0.15) is 17.1 Å². The van der Waals surface area contributed by atoms with Crippen molar-refractivity contribution in [3.05, 3.63) is 58.6 Å². The van der Waals surface area contributed by atoms with Crippen LogP contribution >= 0.6 is 23.2 Å². The SMILES string of the molecule is COCOc1cc(-c2c(Cl)cc3c(N4CC5CCC(C5)C4)nc(Cl)nc3c2F)c2ccccc2c1. The summed E-state index contributed by atoms with van der Waals surface area (Å²) in [7, 11) is 1.55. The van der Waals surface area contributed by atoms with E-state index in [0.717, 1.165) is 23.9 Å². The number of hydrogen-bond donors (Lipinski definition) is 0. The summed E-state index contributed by atoms with van der Waals surface area (Å²) in [5.74, 6) is 1.97. The molecule has 8 heteroatoms. The average Bonchev–Trinajstić information content (AvgIpc) is 3.20. The van der Waals surface area contributed by atoms with Gasteiger partial charge in [-0.3, -0.25) is 0 Å². The number of anilines is 1. The number of nitrogens with zero attached hydrogens (tertiary/aromatic N) is 3. The van der Waals surface area contributed by atoms with E-state index in [4.69, 9.17) is 32.7 Å². The molecular formula is C27H24Cl2FN3O2. The molecule has 0 N–H and O–H groups in total. The van der Waals surface area contributed by atoms with E-state index in [-0.39, 0.29) is 28.2 Å². The first-order valence-corrected chi connectivity index (χ1v) is 12.5. The molecule has 4 aromatic rings. The van der Waals surface area contributed by atoms with Crippen LogP contribution in [0.2, 0.25) is 10.3 Å². The maximum Gasteiger partial charge on any atom is 0.225 e. The molecule has 2 bridgehead atoms. The monoisotopic (exact) mass is 511 g/mol. The van der Waals surface area contributed by atoms with E-state index in [1.165, 1.54) is 19.3 Å². The molecule has 1 aromatic heterocycles. The van der Waals surface area contributed by atoms with Crippen molar-refractivity contribution in [1.29, 1.82) is 0 Å². The summed E-state index contributed by atoms with van der Waals surface area (Å²) in [4.78, 5) is 11.1. The Morgan fingerprint density at radius 1 is 1.03 bits per heavy atom. The van der Waals surface area contributed by atoms with Gasteiger partial charge in [0.05, 0.1) is 5.02 Å². The molecule has 180 valence electrons. The van der Waals surface area contributed by atoms with Gasteiger partial charge < -0.3 is 14.4 Å². The van der Waals surface area contributed by atoms with Crippen LogP contribution in [0.25, 0.3) is 32.8 Å². The Balaban J connectivity index is 1.55. The predicted octanol–water partition coefficient (Wildman–Crippen LogP) is 7.11. The van der Waals surface area contributed by atoms with E-state index >= 15 is 4.39 Å². The van der Waals surface area contributed by atoms with Crippen LogP contribution in [0.15, 0.2) is 42.5 Å². The Kier molecular flexibility index (Phi) is 5.91. The van der Waals surface area contributed by atoms with Crippen molar-refractivity contribution in [1.82, 2.24) is 9.97 Å². The smallest absolute Gasteiger partial charge is 0.225 e. The Hall–Kier alpha value is -2.67. The number of benzene rings is 3. The van der Waals surface area contributed by atoms with Crippen molar-refractivity contribution in [3.63, 3.8) is 0 Å². The molecule has 0 spiro atoms. The molecule has 3 aromatic carbocycles. The lowest BCUT2D eigenvalue weighted by atomic mass is 9.95. The van der Waals surface area contributed by atoms with Crippen molar-refractivity contribution < 1.29 is 13.9 Å². The summed E-state index contributed by atoms with van der Waals surface area (Å²) in [6, 6.07) is 13.2. The van der Waals surface area contributed by atoms with Gasteiger partial charge in [0.15, 0.2) is 12.6 Å².